The molecule has 2 rings (SSSR count). The van der Waals surface area contributed by atoms with Gasteiger partial charge in [0.25, 0.3) is 0 Å². The van der Waals surface area contributed by atoms with Crippen LogP contribution < -0.4 is 10.2 Å². The second kappa shape index (κ2) is 6.33. The smallest absolute Gasteiger partial charge is 0.227 e. The molecule has 0 atom stereocenters. The summed E-state index contributed by atoms with van der Waals surface area (Å²) in [5.41, 5.74) is 1.04. The summed E-state index contributed by atoms with van der Waals surface area (Å²) < 4.78 is 6.33. The number of anilines is 2. The maximum atomic E-state index is 5.36. The second-order valence-electron chi connectivity index (χ2n) is 4.12. The molecular formula is C12H19BrN4O. The summed E-state index contributed by atoms with van der Waals surface area (Å²) in [4.78, 5) is 11.4. The maximum Gasteiger partial charge on any atom is 0.227 e. The van der Waals surface area contributed by atoms with E-state index in [0.29, 0.717) is 0 Å². The number of rotatable bonds is 4. The third-order valence-corrected chi connectivity index (χ3v) is 3.71. The lowest BCUT2D eigenvalue weighted by molar-refractivity contribution is 0.122. The van der Waals surface area contributed by atoms with Gasteiger partial charge >= 0.3 is 0 Å². The van der Waals surface area contributed by atoms with Gasteiger partial charge in [-0.2, -0.15) is 4.98 Å². The normalized spacial score (nSPS) is 15.8. The fraction of sp³-hybridized carbons (Fsp3) is 0.667. The van der Waals surface area contributed by atoms with Crippen LogP contribution in [0.15, 0.2) is 4.47 Å². The Bertz CT molecular complexity index is 407. The van der Waals surface area contributed by atoms with E-state index in [1.165, 1.54) is 0 Å². The number of hydrogen-bond acceptors (Lipinski definition) is 5. The summed E-state index contributed by atoms with van der Waals surface area (Å²) in [7, 11) is 0. The van der Waals surface area contributed by atoms with E-state index < -0.39 is 0 Å². The van der Waals surface area contributed by atoms with Crippen molar-refractivity contribution >= 4 is 27.7 Å². The Morgan fingerprint density at radius 2 is 2.00 bits per heavy atom. The number of morpholine rings is 1. The van der Waals surface area contributed by atoms with Crippen molar-refractivity contribution in [2.24, 2.45) is 0 Å². The van der Waals surface area contributed by atoms with E-state index in [1.54, 1.807) is 0 Å². The number of halogens is 1. The van der Waals surface area contributed by atoms with Crippen molar-refractivity contribution in [2.75, 3.05) is 43.1 Å². The molecule has 0 radical (unpaired) electrons. The van der Waals surface area contributed by atoms with Crippen LogP contribution in [0.1, 0.15) is 19.5 Å². The van der Waals surface area contributed by atoms with Crippen molar-refractivity contribution in [2.45, 2.75) is 20.3 Å². The van der Waals surface area contributed by atoms with Crippen molar-refractivity contribution in [3.63, 3.8) is 0 Å². The SMILES string of the molecule is CCNc1nc(N2CCOCC2)nc(CC)c1Br. The van der Waals surface area contributed by atoms with Crippen LogP contribution in [-0.2, 0) is 11.2 Å². The quantitative estimate of drug-likeness (QED) is 0.922. The number of aromatic nitrogens is 2. The minimum absolute atomic E-state index is 0.747. The first-order chi connectivity index (χ1) is 8.76. The zero-order valence-electron chi connectivity index (χ0n) is 10.9. The highest BCUT2D eigenvalue weighted by atomic mass is 79.9. The van der Waals surface area contributed by atoms with Gasteiger partial charge in [0.05, 0.1) is 23.4 Å². The van der Waals surface area contributed by atoms with Gasteiger partial charge in [-0.05, 0) is 29.3 Å². The molecule has 0 spiro atoms. The number of ether oxygens (including phenoxy) is 1. The summed E-state index contributed by atoms with van der Waals surface area (Å²) in [6, 6.07) is 0. The van der Waals surface area contributed by atoms with Crippen LogP contribution in [-0.4, -0.2) is 42.8 Å². The largest absolute Gasteiger partial charge is 0.378 e. The van der Waals surface area contributed by atoms with Crippen LogP contribution in [0.5, 0.6) is 0 Å². The second-order valence-corrected chi connectivity index (χ2v) is 4.91. The summed E-state index contributed by atoms with van der Waals surface area (Å²) in [5.74, 6) is 1.68. The van der Waals surface area contributed by atoms with Crippen molar-refractivity contribution < 1.29 is 4.74 Å². The Hall–Kier alpha value is -0.880. The van der Waals surface area contributed by atoms with Gasteiger partial charge in [0.1, 0.15) is 5.82 Å². The van der Waals surface area contributed by atoms with Gasteiger partial charge in [0.15, 0.2) is 0 Å². The van der Waals surface area contributed by atoms with Gasteiger partial charge in [0, 0.05) is 19.6 Å². The predicted octanol–water partition coefficient (Wildman–Crippen LogP) is 2.07. The number of nitrogens with zero attached hydrogens (tertiary/aromatic N) is 3. The summed E-state index contributed by atoms with van der Waals surface area (Å²) in [6.45, 7) is 8.23. The highest BCUT2D eigenvalue weighted by Crippen LogP contribution is 2.26. The predicted molar refractivity (Wildman–Crippen MR) is 76.3 cm³/mol. The summed E-state index contributed by atoms with van der Waals surface area (Å²) in [5, 5.41) is 3.27. The van der Waals surface area contributed by atoms with Crippen molar-refractivity contribution in [1.82, 2.24) is 9.97 Å². The van der Waals surface area contributed by atoms with Crippen LogP contribution >= 0.6 is 15.9 Å². The minimum atomic E-state index is 0.747. The molecule has 0 unspecified atom stereocenters. The van der Waals surface area contributed by atoms with Crippen LogP contribution in [0.4, 0.5) is 11.8 Å². The topological polar surface area (TPSA) is 50.3 Å². The zero-order valence-corrected chi connectivity index (χ0v) is 12.5. The molecule has 6 heteroatoms. The van der Waals surface area contributed by atoms with Crippen molar-refractivity contribution in [3.05, 3.63) is 10.2 Å². The van der Waals surface area contributed by atoms with E-state index in [4.69, 9.17) is 4.74 Å². The zero-order chi connectivity index (χ0) is 13.0. The molecule has 100 valence electrons. The molecule has 5 nitrogen and oxygen atoms in total. The van der Waals surface area contributed by atoms with Crippen LogP contribution in [0.2, 0.25) is 0 Å². The molecule has 0 aromatic carbocycles. The monoisotopic (exact) mass is 314 g/mol. The molecule has 1 aliphatic heterocycles. The molecule has 0 amide bonds. The third kappa shape index (κ3) is 2.92. The van der Waals surface area contributed by atoms with Gasteiger partial charge in [0.2, 0.25) is 5.95 Å². The van der Waals surface area contributed by atoms with E-state index in [0.717, 1.165) is 61.2 Å². The first kappa shape index (κ1) is 13.5. The van der Waals surface area contributed by atoms with Crippen molar-refractivity contribution in [1.29, 1.82) is 0 Å². The summed E-state index contributed by atoms with van der Waals surface area (Å²) >= 11 is 3.57. The molecular weight excluding hydrogens is 296 g/mol. The Morgan fingerprint density at radius 1 is 1.28 bits per heavy atom. The van der Waals surface area contributed by atoms with E-state index in [2.05, 4.69) is 50.0 Å². The lowest BCUT2D eigenvalue weighted by atomic mass is 10.3. The first-order valence-corrected chi connectivity index (χ1v) is 7.18. The number of nitrogens with one attached hydrogen (secondary N) is 1. The van der Waals surface area contributed by atoms with Gasteiger partial charge < -0.3 is 15.0 Å². The lowest BCUT2D eigenvalue weighted by Crippen LogP contribution is -2.37. The molecule has 1 N–H and O–H groups in total. The average molecular weight is 315 g/mol. The minimum Gasteiger partial charge on any atom is -0.378 e. The van der Waals surface area contributed by atoms with E-state index >= 15 is 0 Å². The Labute approximate surface area is 116 Å². The van der Waals surface area contributed by atoms with Crippen LogP contribution in [0.25, 0.3) is 0 Å². The maximum absolute atomic E-state index is 5.36. The van der Waals surface area contributed by atoms with E-state index in [9.17, 15) is 0 Å². The van der Waals surface area contributed by atoms with Gasteiger partial charge in [-0.3, -0.25) is 0 Å². The fourth-order valence-corrected chi connectivity index (χ4v) is 2.50. The average Bonchev–Trinajstić information content (AvgIpc) is 2.42. The lowest BCUT2D eigenvalue weighted by Gasteiger charge is -2.27. The third-order valence-electron chi connectivity index (χ3n) is 2.88. The molecule has 1 saturated heterocycles. The van der Waals surface area contributed by atoms with Crippen LogP contribution in [0.3, 0.4) is 0 Å². The molecule has 1 aliphatic rings. The van der Waals surface area contributed by atoms with E-state index in [-0.39, 0.29) is 0 Å². The molecule has 1 fully saturated rings. The molecule has 0 saturated carbocycles. The van der Waals surface area contributed by atoms with Crippen LogP contribution in [0, 0.1) is 0 Å². The fourth-order valence-electron chi connectivity index (χ4n) is 1.90. The highest BCUT2D eigenvalue weighted by Gasteiger charge is 2.17. The molecule has 1 aromatic rings. The number of hydrogen-bond donors (Lipinski definition) is 1. The molecule has 18 heavy (non-hydrogen) atoms. The Kier molecular flexibility index (Phi) is 4.77. The van der Waals surface area contributed by atoms with Gasteiger partial charge in [-0.25, -0.2) is 4.98 Å². The Morgan fingerprint density at radius 3 is 2.61 bits per heavy atom. The molecule has 0 bridgehead atoms. The highest BCUT2D eigenvalue weighted by molar-refractivity contribution is 9.10. The van der Waals surface area contributed by atoms with Gasteiger partial charge in [-0.15, -0.1) is 0 Å². The van der Waals surface area contributed by atoms with Gasteiger partial charge in [-0.1, -0.05) is 6.92 Å². The number of aryl methyl sites for hydroxylation is 1. The first-order valence-electron chi connectivity index (χ1n) is 6.39. The van der Waals surface area contributed by atoms with E-state index in [1.807, 2.05) is 0 Å². The van der Waals surface area contributed by atoms with Crippen molar-refractivity contribution in [3.8, 4) is 0 Å². The summed E-state index contributed by atoms with van der Waals surface area (Å²) in [6.07, 6.45) is 0.888. The standard InChI is InChI=1S/C12H19BrN4O/c1-3-9-10(13)11(14-4-2)16-12(15-9)17-5-7-18-8-6-17/h3-8H2,1-2H3,(H,14,15,16). The Balaban J connectivity index is 2.31. The molecule has 2 heterocycles. The molecule has 1 aromatic heterocycles. The molecule has 0 aliphatic carbocycles.